The van der Waals surface area contributed by atoms with Crippen molar-refractivity contribution in [2.24, 2.45) is 0 Å². The third-order valence-corrected chi connectivity index (χ3v) is 8.20. The molecule has 0 spiro atoms. The average molecular weight is 588 g/mol. The number of esters is 1. The minimum Gasteiger partial charge on any atom is -0.468 e. The molecular weight excluding hydrogens is 550 g/mol. The summed E-state index contributed by atoms with van der Waals surface area (Å²) in [5.41, 5.74) is 5.69. The summed E-state index contributed by atoms with van der Waals surface area (Å²) in [6.07, 6.45) is -1.33. The van der Waals surface area contributed by atoms with Crippen LogP contribution in [0.2, 0.25) is 0 Å². The second kappa shape index (κ2) is 14.4. The maximum absolute atomic E-state index is 13.6. The van der Waals surface area contributed by atoms with E-state index in [0.717, 1.165) is 33.4 Å². The van der Waals surface area contributed by atoms with Crippen LogP contribution in [0.4, 0.5) is 0 Å². The van der Waals surface area contributed by atoms with E-state index < -0.39 is 34.3 Å². The maximum atomic E-state index is 13.6. The normalized spacial score (nSPS) is 13.1. The molecule has 0 radical (unpaired) electrons. The van der Waals surface area contributed by atoms with Crippen molar-refractivity contribution in [1.29, 1.82) is 0 Å². The van der Waals surface area contributed by atoms with Gasteiger partial charge < -0.3 is 9.47 Å². The molecule has 0 heterocycles. The number of benzene rings is 4. The standard InChI is InChI=1S/C34H37NO6S/c1-24-15-17-30(18-16-24)42(37,38)41-34(40-23-27-20-25(2)19-26(3)21-27)33(35-22-31(36)39-4)32(28-11-7-5-8-12-28)29-13-9-6-10-14-29/h5-21,32-35H,22-23H2,1-4H3. The van der Waals surface area contributed by atoms with Crippen molar-refractivity contribution in [3.05, 3.63) is 137 Å². The average Bonchev–Trinajstić information content (AvgIpc) is 2.98. The van der Waals surface area contributed by atoms with Crippen molar-refractivity contribution in [1.82, 2.24) is 5.32 Å². The Labute approximate surface area is 248 Å². The molecule has 0 saturated heterocycles. The Hall–Kier alpha value is -3.82. The number of methoxy groups -OCH3 is 1. The summed E-state index contributed by atoms with van der Waals surface area (Å²) in [5, 5.41) is 3.22. The summed E-state index contributed by atoms with van der Waals surface area (Å²) < 4.78 is 44.5. The van der Waals surface area contributed by atoms with E-state index in [0.29, 0.717) is 0 Å². The summed E-state index contributed by atoms with van der Waals surface area (Å²) in [6, 6.07) is 31.0. The van der Waals surface area contributed by atoms with Crippen molar-refractivity contribution in [2.45, 2.75) is 50.5 Å². The van der Waals surface area contributed by atoms with Gasteiger partial charge in [-0.1, -0.05) is 108 Å². The molecule has 2 unspecified atom stereocenters. The van der Waals surface area contributed by atoms with Crippen molar-refractivity contribution in [2.75, 3.05) is 13.7 Å². The molecule has 2 atom stereocenters. The van der Waals surface area contributed by atoms with E-state index in [2.05, 4.69) is 11.4 Å². The van der Waals surface area contributed by atoms with Crippen molar-refractivity contribution in [3.8, 4) is 0 Å². The first-order chi connectivity index (χ1) is 20.2. The van der Waals surface area contributed by atoms with Crippen LogP contribution in [0.25, 0.3) is 0 Å². The van der Waals surface area contributed by atoms with E-state index in [4.69, 9.17) is 13.7 Å². The summed E-state index contributed by atoms with van der Waals surface area (Å²) in [4.78, 5) is 12.4. The first-order valence-corrected chi connectivity index (χ1v) is 15.2. The van der Waals surface area contributed by atoms with Crippen LogP contribution in [0.1, 0.15) is 39.3 Å². The molecular formula is C34H37NO6S. The van der Waals surface area contributed by atoms with Crippen LogP contribution in [0.5, 0.6) is 0 Å². The highest BCUT2D eigenvalue weighted by atomic mass is 32.2. The van der Waals surface area contributed by atoms with Gasteiger partial charge in [-0.05, 0) is 49.6 Å². The molecule has 0 saturated carbocycles. The number of rotatable bonds is 13. The van der Waals surface area contributed by atoms with Gasteiger partial charge in [0.15, 0.2) is 6.29 Å². The topological polar surface area (TPSA) is 90.9 Å². The maximum Gasteiger partial charge on any atom is 0.319 e. The van der Waals surface area contributed by atoms with Gasteiger partial charge in [0, 0.05) is 5.92 Å². The number of ether oxygens (including phenoxy) is 2. The van der Waals surface area contributed by atoms with Gasteiger partial charge in [0.25, 0.3) is 10.1 Å². The number of carbonyl (C=O) groups excluding carboxylic acids is 1. The van der Waals surface area contributed by atoms with Crippen LogP contribution in [0, 0.1) is 20.8 Å². The molecule has 0 fully saturated rings. The van der Waals surface area contributed by atoms with Gasteiger partial charge in [-0.3, -0.25) is 10.1 Å². The van der Waals surface area contributed by atoms with E-state index in [1.165, 1.54) is 19.2 Å². The smallest absolute Gasteiger partial charge is 0.319 e. The van der Waals surface area contributed by atoms with E-state index in [9.17, 15) is 13.2 Å². The highest BCUT2D eigenvalue weighted by molar-refractivity contribution is 7.86. The fourth-order valence-corrected chi connectivity index (χ4v) is 5.99. The number of hydrogen-bond donors (Lipinski definition) is 1. The lowest BCUT2D eigenvalue weighted by Crippen LogP contribution is -2.49. The Morgan fingerprint density at radius 2 is 1.31 bits per heavy atom. The molecule has 0 bridgehead atoms. The molecule has 0 aromatic heterocycles. The molecule has 0 aliphatic heterocycles. The minimum atomic E-state index is -4.27. The molecule has 0 amide bonds. The first-order valence-electron chi connectivity index (χ1n) is 13.7. The predicted molar refractivity (Wildman–Crippen MR) is 162 cm³/mol. The van der Waals surface area contributed by atoms with Gasteiger partial charge in [0.1, 0.15) is 0 Å². The molecule has 4 aromatic rings. The van der Waals surface area contributed by atoms with Crippen LogP contribution in [0.15, 0.2) is 108 Å². The lowest BCUT2D eigenvalue weighted by Gasteiger charge is -2.34. The second-order valence-corrected chi connectivity index (χ2v) is 11.9. The molecule has 220 valence electrons. The van der Waals surface area contributed by atoms with Crippen LogP contribution < -0.4 is 5.32 Å². The number of aryl methyl sites for hydroxylation is 3. The molecule has 0 aliphatic carbocycles. The zero-order chi connectivity index (χ0) is 30.1. The quantitative estimate of drug-likeness (QED) is 0.120. The van der Waals surface area contributed by atoms with E-state index in [-0.39, 0.29) is 18.0 Å². The molecule has 4 rings (SSSR count). The molecule has 4 aromatic carbocycles. The van der Waals surface area contributed by atoms with E-state index in [1.807, 2.05) is 93.6 Å². The molecule has 0 aliphatic rings. The molecule has 42 heavy (non-hydrogen) atoms. The summed E-state index contributed by atoms with van der Waals surface area (Å²) in [7, 11) is -2.96. The highest BCUT2D eigenvalue weighted by Gasteiger charge is 2.37. The van der Waals surface area contributed by atoms with E-state index in [1.54, 1.807) is 12.1 Å². The largest absolute Gasteiger partial charge is 0.468 e. The van der Waals surface area contributed by atoms with Crippen LogP contribution in [-0.4, -0.2) is 40.4 Å². The number of hydrogen-bond acceptors (Lipinski definition) is 7. The lowest BCUT2D eigenvalue weighted by atomic mass is 9.84. The molecule has 8 heteroatoms. The minimum absolute atomic E-state index is 0.00999. The third-order valence-electron chi connectivity index (χ3n) is 6.91. The van der Waals surface area contributed by atoms with E-state index >= 15 is 0 Å². The Morgan fingerprint density at radius 1 is 0.762 bits per heavy atom. The predicted octanol–water partition coefficient (Wildman–Crippen LogP) is 5.82. The van der Waals surface area contributed by atoms with Gasteiger partial charge in [-0.15, -0.1) is 0 Å². The molecule has 7 nitrogen and oxygen atoms in total. The molecule has 1 N–H and O–H groups in total. The summed E-state index contributed by atoms with van der Waals surface area (Å²) >= 11 is 0. The van der Waals surface area contributed by atoms with Gasteiger partial charge in [-0.2, -0.15) is 8.42 Å². The van der Waals surface area contributed by atoms with Crippen LogP contribution in [-0.2, 0) is 35.2 Å². The number of nitrogens with one attached hydrogen (secondary N) is 1. The first kappa shape index (κ1) is 31.1. The van der Waals surface area contributed by atoms with Crippen LogP contribution >= 0.6 is 0 Å². The van der Waals surface area contributed by atoms with Crippen molar-refractivity contribution >= 4 is 16.1 Å². The monoisotopic (exact) mass is 587 g/mol. The zero-order valence-electron chi connectivity index (χ0n) is 24.3. The lowest BCUT2D eigenvalue weighted by molar-refractivity contribution is -0.141. The van der Waals surface area contributed by atoms with Gasteiger partial charge in [0.05, 0.1) is 31.2 Å². The van der Waals surface area contributed by atoms with Gasteiger partial charge in [-0.25, -0.2) is 4.18 Å². The Bertz CT molecular complexity index is 1500. The fraction of sp³-hybridized carbons (Fsp3) is 0.265. The van der Waals surface area contributed by atoms with Gasteiger partial charge >= 0.3 is 5.97 Å². The highest BCUT2D eigenvalue weighted by Crippen LogP contribution is 2.33. The summed E-state index contributed by atoms with van der Waals surface area (Å²) in [6.45, 7) is 5.77. The Kier molecular flexibility index (Phi) is 10.7. The van der Waals surface area contributed by atoms with Crippen LogP contribution in [0.3, 0.4) is 0 Å². The zero-order valence-corrected chi connectivity index (χ0v) is 25.1. The number of carbonyl (C=O) groups is 1. The fourth-order valence-electron chi connectivity index (χ4n) is 4.98. The van der Waals surface area contributed by atoms with Crippen molar-refractivity contribution < 1.29 is 26.9 Å². The van der Waals surface area contributed by atoms with Crippen molar-refractivity contribution in [3.63, 3.8) is 0 Å². The summed E-state index contributed by atoms with van der Waals surface area (Å²) in [5.74, 6) is -0.955. The Balaban J connectivity index is 1.81. The second-order valence-electron chi connectivity index (χ2n) is 10.3. The Morgan fingerprint density at radius 3 is 1.83 bits per heavy atom. The third kappa shape index (κ3) is 8.36. The van der Waals surface area contributed by atoms with Gasteiger partial charge in [0.2, 0.25) is 0 Å². The SMILES string of the molecule is COC(=O)CNC(C(OCc1cc(C)cc(C)c1)OS(=O)(=O)c1ccc(C)cc1)C(c1ccccc1)c1ccccc1.